The van der Waals surface area contributed by atoms with Gasteiger partial charge in [-0.05, 0) is 17.0 Å². The van der Waals surface area contributed by atoms with E-state index in [0.717, 1.165) is 6.04 Å². The average molecular weight is 380 g/mol. The minimum Gasteiger partial charge on any atom is -0.255 e. The van der Waals surface area contributed by atoms with Gasteiger partial charge in [0.15, 0.2) is 15.4 Å². The summed E-state index contributed by atoms with van der Waals surface area (Å²) in [6.45, 7) is 8.54. The Morgan fingerprint density at radius 2 is 1.79 bits per heavy atom. The predicted octanol–water partition coefficient (Wildman–Crippen LogP) is 7.10. The first-order valence-corrected chi connectivity index (χ1v) is 10.3. The molecule has 1 aliphatic heterocycles. The van der Waals surface area contributed by atoms with E-state index in [-0.39, 0.29) is 0 Å². The highest BCUT2D eigenvalue weighted by Crippen LogP contribution is 2.42. The van der Waals surface area contributed by atoms with Gasteiger partial charge in [0.1, 0.15) is 17.5 Å². The number of nitrogens with zero attached hydrogens (tertiary/aromatic N) is 1. The molecule has 28 heavy (non-hydrogen) atoms. The van der Waals surface area contributed by atoms with Gasteiger partial charge in [-0.15, -0.1) is 12.1 Å². The van der Waals surface area contributed by atoms with E-state index in [2.05, 4.69) is 93.4 Å². The molecule has 2 heterocycles. The van der Waals surface area contributed by atoms with E-state index < -0.39 is 0 Å². The van der Waals surface area contributed by atoms with Crippen LogP contribution in [0.4, 0.5) is 0 Å². The summed E-state index contributed by atoms with van der Waals surface area (Å²) < 4.78 is 4.64. The van der Waals surface area contributed by atoms with E-state index in [0.29, 0.717) is 0 Å². The third kappa shape index (κ3) is 2.69. The van der Waals surface area contributed by atoms with E-state index in [1.54, 1.807) is 0 Å². The highest BCUT2D eigenvalue weighted by molar-refractivity contribution is 7.26. The van der Waals surface area contributed by atoms with Crippen LogP contribution in [0.5, 0.6) is 0 Å². The number of thiophene rings is 1. The van der Waals surface area contributed by atoms with Crippen molar-refractivity contribution < 1.29 is 4.58 Å². The summed E-state index contributed by atoms with van der Waals surface area (Å²) in [6, 6.07) is 23.1. The lowest BCUT2D eigenvalue weighted by Gasteiger charge is -2.19. The molecule has 0 bridgehead atoms. The fraction of sp³-hybridized carbons (Fsp3) is 0.0769. The standard InChI is InChI=1S/C26H21NS/c1-17-13-14-27(3)23(15-17)25-18(2)9-11-21-22-16-20(19-7-5-4-6-8-19)10-12-24(22)28-26(21)25/h4-16H,3H2,1-2H3. The molecule has 3 aromatic carbocycles. The van der Waals surface area contributed by atoms with Crippen LogP contribution in [0.25, 0.3) is 31.3 Å². The second-order valence-corrected chi connectivity index (χ2v) is 8.42. The van der Waals surface area contributed by atoms with Crippen molar-refractivity contribution in [2.75, 3.05) is 0 Å². The van der Waals surface area contributed by atoms with Gasteiger partial charge in [0.25, 0.3) is 0 Å². The molecule has 0 fully saturated rings. The Hall–Kier alpha value is -3.10. The molecule has 136 valence electrons. The summed E-state index contributed by atoms with van der Waals surface area (Å²) in [5.41, 5.74) is 6.34. The molecule has 1 aromatic heterocycles. The zero-order chi connectivity index (χ0) is 19.3. The summed E-state index contributed by atoms with van der Waals surface area (Å²) in [5, 5.41) is 2.64. The Labute approximate surface area is 169 Å². The van der Waals surface area contributed by atoms with Crippen molar-refractivity contribution in [3.63, 3.8) is 0 Å². The lowest BCUT2D eigenvalue weighted by molar-refractivity contribution is -0.417. The highest BCUT2D eigenvalue weighted by atomic mass is 32.1. The van der Waals surface area contributed by atoms with Gasteiger partial charge in [-0.2, -0.15) is 0 Å². The van der Waals surface area contributed by atoms with Crippen LogP contribution in [0.15, 0.2) is 84.6 Å². The fourth-order valence-corrected chi connectivity index (χ4v) is 5.21. The van der Waals surface area contributed by atoms with Gasteiger partial charge in [0.05, 0.1) is 6.72 Å². The van der Waals surface area contributed by atoms with Crippen LogP contribution in [0.1, 0.15) is 18.1 Å². The number of allylic oxidation sites excluding steroid dienone is 2. The highest BCUT2D eigenvalue weighted by Gasteiger charge is 2.24. The molecule has 5 rings (SSSR count). The lowest BCUT2D eigenvalue weighted by Crippen LogP contribution is -2.15. The lowest BCUT2D eigenvalue weighted by atomic mass is 9.95. The summed E-state index contributed by atoms with van der Waals surface area (Å²) >= 11 is 1.87. The van der Waals surface area contributed by atoms with Gasteiger partial charge in [0, 0.05) is 5.56 Å². The molecule has 0 saturated carbocycles. The molecular weight excluding hydrogens is 358 g/mol. The molecule has 0 aliphatic carbocycles. The third-order valence-electron chi connectivity index (χ3n) is 5.40. The van der Waals surface area contributed by atoms with E-state index in [1.807, 2.05) is 22.1 Å². The molecule has 0 amide bonds. The Bertz CT molecular complexity index is 1290. The number of hydrogen-bond acceptors (Lipinski definition) is 0. The molecule has 0 unspecified atom stereocenters. The molecular formula is C26H21NS. The molecule has 0 spiro atoms. The zero-order valence-electron chi connectivity index (χ0n) is 16.1. The van der Waals surface area contributed by atoms with Crippen molar-refractivity contribution in [2.45, 2.75) is 13.8 Å². The van der Waals surface area contributed by atoms with E-state index in [9.17, 15) is 0 Å². The molecule has 0 radical (unpaired) electrons. The largest absolute Gasteiger partial charge is 0.255 e. The molecule has 0 N–H and O–H groups in total. The van der Waals surface area contributed by atoms with Crippen molar-refractivity contribution in [3.8, 4) is 11.1 Å². The molecule has 4 aromatic rings. The van der Waals surface area contributed by atoms with Crippen LogP contribution in [0, 0.1) is 13.0 Å². The molecule has 0 atom stereocenters. The van der Waals surface area contributed by atoms with Crippen LogP contribution in [-0.2, 0) is 0 Å². The smallest absolute Gasteiger partial charge is 0.159 e. The zero-order valence-corrected chi connectivity index (χ0v) is 16.9. The number of hydrogen-bond donors (Lipinski definition) is 0. The SMILES string of the molecule is C=[N+]1C=CC(C)=C[C-]1c1c(C)ccc2c1[s+][c-]1ccc(-c3ccccc3)cc21. The average Bonchev–Trinajstić information content (AvgIpc) is 3.08. The third-order valence-corrected chi connectivity index (χ3v) is 6.61. The number of benzene rings is 3. The van der Waals surface area contributed by atoms with E-state index in [4.69, 9.17) is 0 Å². The van der Waals surface area contributed by atoms with Gasteiger partial charge in [-0.1, -0.05) is 90.5 Å². The monoisotopic (exact) mass is 379 g/mol. The van der Waals surface area contributed by atoms with Crippen molar-refractivity contribution in [1.82, 2.24) is 0 Å². The van der Waals surface area contributed by atoms with Gasteiger partial charge in [-0.3, -0.25) is 4.58 Å². The predicted molar refractivity (Wildman–Crippen MR) is 122 cm³/mol. The van der Waals surface area contributed by atoms with Crippen LogP contribution in [-0.4, -0.2) is 11.3 Å². The Kier molecular flexibility index (Phi) is 3.96. The van der Waals surface area contributed by atoms with E-state index >= 15 is 0 Å². The summed E-state index contributed by atoms with van der Waals surface area (Å²) in [7, 11) is 0. The summed E-state index contributed by atoms with van der Waals surface area (Å²) in [6.07, 6.45) is 6.38. The first-order valence-electron chi connectivity index (χ1n) is 9.47. The van der Waals surface area contributed by atoms with Crippen LogP contribution in [0.3, 0.4) is 0 Å². The molecule has 1 nitrogen and oxygen atoms in total. The minimum atomic E-state index is 1.16. The van der Waals surface area contributed by atoms with Crippen molar-refractivity contribution >= 4 is 38.2 Å². The Morgan fingerprint density at radius 3 is 2.61 bits per heavy atom. The van der Waals surface area contributed by atoms with Crippen LogP contribution >= 0.6 is 11.3 Å². The van der Waals surface area contributed by atoms with Gasteiger partial charge in [-0.25, -0.2) is 0 Å². The van der Waals surface area contributed by atoms with Gasteiger partial charge >= 0.3 is 0 Å². The van der Waals surface area contributed by atoms with Crippen molar-refractivity contribution in [1.29, 1.82) is 0 Å². The molecule has 0 saturated heterocycles. The van der Waals surface area contributed by atoms with Gasteiger partial charge in [0.2, 0.25) is 0 Å². The number of rotatable bonds is 2. The van der Waals surface area contributed by atoms with Crippen molar-refractivity contribution in [2.24, 2.45) is 0 Å². The second-order valence-electron chi connectivity index (χ2n) is 7.37. The topological polar surface area (TPSA) is 3.01 Å². The maximum absolute atomic E-state index is 4.21. The fourth-order valence-electron chi connectivity index (χ4n) is 3.92. The maximum Gasteiger partial charge on any atom is 0.159 e. The quantitative estimate of drug-likeness (QED) is 0.199. The summed E-state index contributed by atoms with van der Waals surface area (Å²) in [4.78, 5) is 0. The Balaban J connectivity index is 1.76. The first-order chi connectivity index (χ1) is 13.6. The maximum atomic E-state index is 4.21. The molecule has 2 heteroatoms. The second kappa shape index (κ2) is 6.50. The first kappa shape index (κ1) is 17.0. The minimum absolute atomic E-state index is 1.16. The summed E-state index contributed by atoms with van der Waals surface area (Å²) in [5.74, 6) is 0. The number of aryl methyl sites for hydroxylation is 1. The molecule has 1 aliphatic rings. The van der Waals surface area contributed by atoms with Gasteiger partial charge < -0.3 is 0 Å². The van der Waals surface area contributed by atoms with E-state index in [1.165, 1.54) is 48.0 Å². The normalized spacial score (nSPS) is 14.1. The number of fused-ring (bicyclic) bond motifs is 3. The van der Waals surface area contributed by atoms with Crippen LogP contribution < -0.4 is 0 Å². The van der Waals surface area contributed by atoms with Crippen LogP contribution in [0.2, 0.25) is 0 Å². The Morgan fingerprint density at radius 1 is 0.964 bits per heavy atom. The van der Waals surface area contributed by atoms with Crippen molar-refractivity contribution in [3.05, 3.63) is 102 Å².